The molecule has 0 radical (unpaired) electrons. The van der Waals surface area contributed by atoms with E-state index in [2.05, 4.69) is 6.58 Å². The average Bonchev–Trinajstić information content (AvgIpc) is 2.55. The van der Waals surface area contributed by atoms with Crippen LogP contribution in [0.2, 0.25) is 0 Å². The molecule has 0 heterocycles. The molecule has 0 saturated heterocycles. The van der Waals surface area contributed by atoms with Crippen LogP contribution in [0.1, 0.15) is 6.92 Å². The van der Waals surface area contributed by atoms with Gasteiger partial charge in [-0.1, -0.05) is 6.58 Å². The fraction of sp³-hybridized carbons (Fsp3) is 0.786. The Morgan fingerprint density at radius 2 is 1.62 bits per heavy atom. The predicted molar refractivity (Wildman–Crippen MR) is 81.5 cm³/mol. The van der Waals surface area contributed by atoms with Crippen molar-refractivity contribution in [2.45, 2.75) is 43.7 Å². The van der Waals surface area contributed by atoms with E-state index in [0.29, 0.717) is 0 Å². The van der Waals surface area contributed by atoms with Crippen LogP contribution in [-0.4, -0.2) is 110 Å². The quantitative estimate of drug-likeness (QED) is 0.111. The number of carbonyl (C=O) groups excluding carboxylic acids is 1. The molecule has 6 atom stereocenters. The summed E-state index contributed by atoms with van der Waals surface area (Å²) < 4.78 is 4.73. The molecule has 24 heavy (non-hydrogen) atoms. The Labute approximate surface area is 139 Å². The van der Waals surface area contributed by atoms with Crippen molar-refractivity contribution in [2.24, 2.45) is 0 Å². The zero-order valence-corrected chi connectivity index (χ0v) is 13.7. The molecule has 0 bridgehead atoms. The molecule has 0 saturated carbocycles. The molecule has 7 N–H and O–H groups in total. The van der Waals surface area contributed by atoms with E-state index in [4.69, 9.17) is 9.84 Å². The highest BCUT2D eigenvalue weighted by Gasteiger charge is 2.36. The Hall–Kier alpha value is -1.11. The van der Waals surface area contributed by atoms with E-state index in [1.807, 2.05) is 0 Å². The first-order valence-corrected chi connectivity index (χ1v) is 7.25. The SMILES string of the molecule is C=C(C)C(=O)OCC(O)CN(C)C(O)[C@H](O)[C@@H](O)[C@H](O)[C@H](O)CO. The number of nitrogens with zero attached hydrogens (tertiary/aromatic N) is 1. The topological polar surface area (TPSA) is 171 Å². The second-order valence-electron chi connectivity index (χ2n) is 5.61. The minimum atomic E-state index is -1.94. The number of esters is 1. The van der Waals surface area contributed by atoms with Crippen molar-refractivity contribution in [3.05, 3.63) is 12.2 Å². The zero-order valence-electron chi connectivity index (χ0n) is 13.7. The highest BCUT2D eigenvalue weighted by atomic mass is 16.5. The average molecular weight is 353 g/mol. The van der Waals surface area contributed by atoms with Gasteiger partial charge in [-0.3, -0.25) is 4.90 Å². The lowest BCUT2D eigenvalue weighted by Crippen LogP contribution is -2.55. The van der Waals surface area contributed by atoms with Gasteiger partial charge in [0.25, 0.3) is 0 Å². The van der Waals surface area contributed by atoms with E-state index < -0.39 is 49.3 Å². The van der Waals surface area contributed by atoms with Crippen LogP contribution >= 0.6 is 0 Å². The lowest BCUT2D eigenvalue weighted by molar-refractivity contribution is -0.170. The van der Waals surface area contributed by atoms with Crippen molar-refractivity contribution in [1.82, 2.24) is 4.90 Å². The maximum absolute atomic E-state index is 11.2. The van der Waals surface area contributed by atoms with Crippen LogP contribution in [0.4, 0.5) is 0 Å². The Bertz CT molecular complexity index is 406. The van der Waals surface area contributed by atoms with E-state index in [1.54, 1.807) is 0 Å². The van der Waals surface area contributed by atoms with E-state index in [9.17, 15) is 35.4 Å². The largest absolute Gasteiger partial charge is 0.460 e. The molecule has 0 aromatic heterocycles. The minimum absolute atomic E-state index is 0.158. The Balaban J connectivity index is 4.50. The van der Waals surface area contributed by atoms with E-state index >= 15 is 0 Å². The van der Waals surface area contributed by atoms with E-state index in [-0.39, 0.29) is 18.7 Å². The Kier molecular flexibility index (Phi) is 10.2. The summed E-state index contributed by atoms with van der Waals surface area (Å²) >= 11 is 0. The molecule has 10 heteroatoms. The molecule has 0 aliphatic carbocycles. The van der Waals surface area contributed by atoms with E-state index in [1.165, 1.54) is 14.0 Å². The molecule has 0 amide bonds. The summed E-state index contributed by atoms with van der Waals surface area (Å²) in [6, 6.07) is 0. The van der Waals surface area contributed by atoms with Crippen LogP contribution in [0, 0.1) is 0 Å². The second kappa shape index (κ2) is 10.7. The van der Waals surface area contributed by atoms with Gasteiger partial charge in [-0.2, -0.15) is 0 Å². The summed E-state index contributed by atoms with van der Waals surface area (Å²) in [6.07, 6.45) is -10.3. The lowest BCUT2D eigenvalue weighted by Gasteiger charge is -2.33. The number of hydrogen-bond donors (Lipinski definition) is 7. The molecule has 0 fully saturated rings. The molecule has 0 aromatic carbocycles. The summed E-state index contributed by atoms with van der Waals surface area (Å²) in [6.45, 7) is 3.37. The first-order chi connectivity index (χ1) is 11.0. The number of likely N-dealkylation sites (N-methyl/N-ethyl adjacent to an activating group) is 1. The van der Waals surface area contributed by atoms with Crippen molar-refractivity contribution in [2.75, 3.05) is 26.8 Å². The molecule has 0 aromatic rings. The third-order valence-electron chi connectivity index (χ3n) is 3.29. The smallest absolute Gasteiger partial charge is 0.333 e. The monoisotopic (exact) mass is 353 g/mol. The first-order valence-electron chi connectivity index (χ1n) is 7.25. The maximum atomic E-state index is 11.2. The van der Waals surface area contributed by atoms with Crippen LogP contribution in [0.3, 0.4) is 0 Å². The molecule has 0 spiro atoms. The van der Waals surface area contributed by atoms with E-state index in [0.717, 1.165) is 4.90 Å². The number of hydrogen-bond acceptors (Lipinski definition) is 10. The van der Waals surface area contributed by atoms with Crippen LogP contribution in [0.25, 0.3) is 0 Å². The highest BCUT2D eigenvalue weighted by Crippen LogP contribution is 2.11. The number of ether oxygens (including phenoxy) is 1. The summed E-state index contributed by atoms with van der Waals surface area (Å²) in [5, 5.41) is 66.5. The molecule has 142 valence electrons. The van der Waals surface area contributed by atoms with Crippen LogP contribution in [0.5, 0.6) is 0 Å². The van der Waals surface area contributed by atoms with Gasteiger partial charge in [0.2, 0.25) is 0 Å². The first kappa shape index (κ1) is 22.9. The minimum Gasteiger partial charge on any atom is -0.460 e. The van der Waals surface area contributed by atoms with Crippen molar-refractivity contribution in [3.63, 3.8) is 0 Å². The lowest BCUT2D eigenvalue weighted by atomic mass is 10.0. The van der Waals surface area contributed by atoms with Gasteiger partial charge in [0.15, 0.2) is 0 Å². The van der Waals surface area contributed by atoms with Gasteiger partial charge in [0.1, 0.15) is 43.4 Å². The molecule has 0 aliphatic heterocycles. The summed E-state index contributed by atoms with van der Waals surface area (Å²) in [5.74, 6) is -0.686. The zero-order chi connectivity index (χ0) is 19.0. The number of aliphatic hydroxyl groups excluding tert-OH is 7. The van der Waals surface area contributed by atoms with Gasteiger partial charge in [-0.05, 0) is 14.0 Å². The van der Waals surface area contributed by atoms with Gasteiger partial charge >= 0.3 is 5.97 Å². The maximum Gasteiger partial charge on any atom is 0.333 e. The fourth-order valence-corrected chi connectivity index (χ4v) is 1.76. The predicted octanol–water partition coefficient (Wildman–Crippen LogP) is -3.85. The van der Waals surface area contributed by atoms with Crippen LogP contribution in [-0.2, 0) is 9.53 Å². The number of aliphatic hydroxyl groups is 7. The molecule has 0 rings (SSSR count). The number of carbonyl (C=O) groups is 1. The van der Waals surface area contributed by atoms with Gasteiger partial charge in [-0.15, -0.1) is 0 Å². The Morgan fingerprint density at radius 1 is 1.08 bits per heavy atom. The van der Waals surface area contributed by atoms with Crippen molar-refractivity contribution < 1.29 is 45.3 Å². The van der Waals surface area contributed by atoms with Crippen molar-refractivity contribution in [3.8, 4) is 0 Å². The van der Waals surface area contributed by atoms with Gasteiger partial charge in [0, 0.05) is 12.1 Å². The van der Waals surface area contributed by atoms with Crippen LogP contribution in [0.15, 0.2) is 12.2 Å². The molecule has 2 unspecified atom stereocenters. The highest BCUT2D eigenvalue weighted by molar-refractivity contribution is 5.86. The summed E-state index contributed by atoms with van der Waals surface area (Å²) in [4.78, 5) is 12.2. The van der Waals surface area contributed by atoms with Gasteiger partial charge < -0.3 is 40.5 Å². The summed E-state index contributed by atoms with van der Waals surface area (Å²) in [7, 11) is 1.30. The molecule has 10 nitrogen and oxygen atoms in total. The third kappa shape index (κ3) is 7.20. The number of rotatable bonds is 11. The summed E-state index contributed by atoms with van der Waals surface area (Å²) in [5.41, 5.74) is 0.158. The van der Waals surface area contributed by atoms with Crippen molar-refractivity contribution >= 4 is 5.97 Å². The van der Waals surface area contributed by atoms with Crippen LogP contribution < -0.4 is 0 Å². The Morgan fingerprint density at radius 3 is 2.08 bits per heavy atom. The van der Waals surface area contributed by atoms with Crippen molar-refractivity contribution in [1.29, 1.82) is 0 Å². The van der Waals surface area contributed by atoms with Gasteiger partial charge in [-0.25, -0.2) is 4.79 Å². The fourth-order valence-electron chi connectivity index (χ4n) is 1.76. The third-order valence-corrected chi connectivity index (χ3v) is 3.29. The normalized spacial score (nSPS) is 19.2. The molecular weight excluding hydrogens is 326 g/mol. The molecule has 0 aliphatic rings. The standard InChI is InChI=1S/C14H27NO9/c1-7(2)14(23)24-6-8(17)4-15(3)13(22)12(21)11(20)10(19)9(18)5-16/h8-13,16-22H,1,4-6H2,2-3H3/t8?,9-,10-,11+,12-,13?/m1/s1. The van der Waals surface area contributed by atoms with Gasteiger partial charge in [0.05, 0.1) is 6.61 Å². The molecular formula is C14H27NO9. The second-order valence-corrected chi connectivity index (χ2v) is 5.61.